The van der Waals surface area contributed by atoms with Crippen LogP contribution in [0.4, 0.5) is 4.39 Å². The Hall–Kier alpha value is -2.73. The number of carbonyl (C=O) groups is 2. The fourth-order valence-corrected chi connectivity index (χ4v) is 2.05. The maximum atomic E-state index is 13.7. The highest BCUT2D eigenvalue weighted by molar-refractivity contribution is 5.81. The van der Waals surface area contributed by atoms with Crippen molar-refractivity contribution >= 4 is 12.2 Å². The second kappa shape index (κ2) is 8.21. The lowest BCUT2D eigenvalue weighted by molar-refractivity contribution is -0.123. The van der Waals surface area contributed by atoms with E-state index in [2.05, 4.69) is 5.32 Å². The smallest absolute Gasteiger partial charge is 0.240 e. The number of hydrogen-bond acceptors (Lipinski definition) is 4. The van der Waals surface area contributed by atoms with E-state index in [0.29, 0.717) is 23.2 Å². The van der Waals surface area contributed by atoms with Crippen molar-refractivity contribution in [1.82, 2.24) is 5.32 Å². The maximum absolute atomic E-state index is 13.7. The largest absolute Gasteiger partial charge is 0.491 e. The molecule has 0 aliphatic rings. The van der Waals surface area contributed by atoms with Crippen LogP contribution in [0.2, 0.25) is 0 Å². The number of carbonyl (C=O) groups excluding carboxylic acids is 2. The summed E-state index contributed by atoms with van der Waals surface area (Å²) >= 11 is 0. The predicted molar refractivity (Wildman–Crippen MR) is 88.3 cm³/mol. The van der Waals surface area contributed by atoms with Gasteiger partial charge in [-0.1, -0.05) is 24.3 Å². The summed E-state index contributed by atoms with van der Waals surface area (Å²) in [7, 11) is 0. The molecular weight excluding hydrogens is 311 g/mol. The molecule has 2 rings (SSSR count). The molecule has 1 atom stereocenters. The number of benzene rings is 2. The van der Waals surface area contributed by atoms with E-state index in [-0.39, 0.29) is 19.0 Å². The molecule has 0 aliphatic heterocycles. The standard InChI is InChI=1S/C18H19FN2O3/c1-12-5-6-14(16(19)7-12)9-21-18(23)17(20)11-24-15-4-2-3-13(8-15)10-22/h2-8,10,17H,9,11,20H2,1H3,(H,21,23). The highest BCUT2D eigenvalue weighted by atomic mass is 19.1. The first kappa shape index (κ1) is 17.6. The second-order valence-electron chi connectivity index (χ2n) is 5.42. The molecule has 0 spiro atoms. The lowest BCUT2D eigenvalue weighted by atomic mass is 10.1. The number of aldehydes is 1. The van der Waals surface area contributed by atoms with Crippen LogP contribution in [0.1, 0.15) is 21.5 Å². The minimum atomic E-state index is -0.904. The zero-order valence-corrected chi connectivity index (χ0v) is 13.3. The molecule has 0 heterocycles. The van der Waals surface area contributed by atoms with Gasteiger partial charge in [0.15, 0.2) is 0 Å². The van der Waals surface area contributed by atoms with E-state index in [1.54, 1.807) is 43.3 Å². The molecule has 5 nitrogen and oxygen atoms in total. The van der Waals surface area contributed by atoms with Gasteiger partial charge in [0.05, 0.1) is 0 Å². The fourth-order valence-electron chi connectivity index (χ4n) is 2.05. The molecule has 0 aliphatic carbocycles. The third-order valence-corrected chi connectivity index (χ3v) is 3.42. The number of amides is 1. The lowest BCUT2D eigenvalue weighted by Crippen LogP contribution is -2.44. The van der Waals surface area contributed by atoms with E-state index >= 15 is 0 Å². The molecule has 0 saturated carbocycles. The van der Waals surface area contributed by atoms with Crippen LogP contribution in [-0.4, -0.2) is 24.8 Å². The Balaban J connectivity index is 1.84. The Morgan fingerprint density at radius 2 is 2.12 bits per heavy atom. The monoisotopic (exact) mass is 330 g/mol. The third kappa shape index (κ3) is 4.89. The Kier molecular flexibility index (Phi) is 6.03. The molecule has 0 radical (unpaired) electrons. The summed E-state index contributed by atoms with van der Waals surface area (Å²) in [5.41, 5.74) is 7.43. The van der Waals surface area contributed by atoms with Gasteiger partial charge in [-0.2, -0.15) is 0 Å². The van der Waals surface area contributed by atoms with Crippen LogP contribution < -0.4 is 15.8 Å². The van der Waals surface area contributed by atoms with Crippen molar-refractivity contribution in [2.75, 3.05) is 6.61 Å². The summed E-state index contributed by atoms with van der Waals surface area (Å²) in [6.07, 6.45) is 0.704. The number of halogens is 1. The van der Waals surface area contributed by atoms with Gasteiger partial charge in [-0.25, -0.2) is 4.39 Å². The summed E-state index contributed by atoms with van der Waals surface area (Å²) in [6, 6.07) is 10.4. The topological polar surface area (TPSA) is 81.4 Å². The van der Waals surface area contributed by atoms with Crippen LogP contribution >= 0.6 is 0 Å². The van der Waals surface area contributed by atoms with E-state index in [4.69, 9.17) is 10.5 Å². The molecule has 3 N–H and O–H groups in total. The number of aryl methyl sites for hydroxylation is 1. The first-order valence-corrected chi connectivity index (χ1v) is 7.46. The minimum absolute atomic E-state index is 0.0511. The molecule has 2 aromatic carbocycles. The van der Waals surface area contributed by atoms with Gasteiger partial charge in [0.2, 0.25) is 5.91 Å². The third-order valence-electron chi connectivity index (χ3n) is 3.42. The van der Waals surface area contributed by atoms with Crippen molar-refractivity contribution in [3.05, 3.63) is 65.0 Å². The molecular formula is C18H19FN2O3. The summed E-state index contributed by atoms with van der Waals surface area (Å²) < 4.78 is 19.1. The molecule has 1 unspecified atom stereocenters. The highest BCUT2D eigenvalue weighted by Gasteiger charge is 2.15. The molecule has 126 valence electrons. The zero-order valence-electron chi connectivity index (χ0n) is 13.3. The van der Waals surface area contributed by atoms with Crippen molar-refractivity contribution < 1.29 is 18.7 Å². The molecule has 0 fully saturated rings. The van der Waals surface area contributed by atoms with E-state index in [0.717, 1.165) is 5.56 Å². The van der Waals surface area contributed by atoms with Crippen LogP contribution in [0.15, 0.2) is 42.5 Å². The normalized spacial score (nSPS) is 11.6. The molecule has 24 heavy (non-hydrogen) atoms. The molecule has 0 bridgehead atoms. The minimum Gasteiger partial charge on any atom is -0.491 e. The number of rotatable bonds is 7. The Morgan fingerprint density at radius 3 is 2.83 bits per heavy atom. The van der Waals surface area contributed by atoms with Crippen molar-refractivity contribution in [3.63, 3.8) is 0 Å². The summed E-state index contributed by atoms with van der Waals surface area (Å²) in [5.74, 6) is -0.361. The van der Waals surface area contributed by atoms with Crippen LogP contribution in [-0.2, 0) is 11.3 Å². The summed E-state index contributed by atoms with van der Waals surface area (Å²) in [5, 5.41) is 2.58. The van der Waals surface area contributed by atoms with Crippen molar-refractivity contribution in [2.45, 2.75) is 19.5 Å². The summed E-state index contributed by atoms with van der Waals surface area (Å²) in [4.78, 5) is 22.6. The van der Waals surface area contributed by atoms with Crippen molar-refractivity contribution in [3.8, 4) is 5.75 Å². The van der Waals surface area contributed by atoms with Crippen molar-refractivity contribution in [1.29, 1.82) is 0 Å². The van der Waals surface area contributed by atoms with Gasteiger partial charge in [-0.05, 0) is 30.7 Å². The summed E-state index contributed by atoms with van der Waals surface area (Å²) in [6.45, 7) is 1.79. The lowest BCUT2D eigenvalue weighted by Gasteiger charge is -2.14. The first-order valence-electron chi connectivity index (χ1n) is 7.46. The van der Waals surface area contributed by atoms with Crippen LogP contribution in [0.5, 0.6) is 5.75 Å². The van der Waals surface area contributed by atoms with Crippen molar-refractivity contribution in [2.24, 2.45) is 5.73 Å². The van der Waals surface area contributed by atoms with E-state index in [1.165, 1.54) is 6.07 Å². The number of ether oxygens (including phenoxy) is 1. The highest BCUT2D eigenvalue weighted by Crippen LogP contribution is 2.12. The average molecular weight is 330 g/mol. The SMILES string of the molecule is Cc1ccc(CNC(=O)C(N)COc2cccc(C=O)c2)c(F)c1. The number of hydrogen-bond donors (Lipinski definition) is 2. The number of nitrogens with two attached hydrogens (primary N) is 1. The van der Waals surface area contributed by atoms with Gasteiger partial charge in [0, 0.05) is 17.7 Å². The van der Waals surface area contributed by atoms with E-state index in [9.17, 15) is 14.0 Å². The molecule has 2 aromatic rings. The van der Waals surface area contributed by atoms with Gasteiger partial charge in [0.25, 0.3) is 0 Å². The van der Waals surface area contributed by atoms with Gasteiger partial charge >= 0.3 is 0 Å². The van der Waals surface area contributed by atoms with Crippen LogP contribution in [0.3, 0.4) is 0 Å². The zero-order chi connectivity index (χ0) is 17.5. The van der Waals surface area contributed by atoms with E-state index < -0.39 is 11.9 Å². The second-order valence-corrected chi connectivity index (χ2v) is 5.42. The van der Waals surface area contributed by atoms with Gasteiger partial charge < -0.3 is 15.8 Å². The molecule has 0 saturated heterocycles. The molecule has 1 amide bonds. The molecule has 0 aromatic heterocycles. The Labute approximate surface area is 139 Å². The predicted octanol–water partition coefficient (Wildman–Crippen LogP) is 1.97. The van der Waals surface area contributed by atoms with Gasteiger partial charge in [-0.3, -0.25) is 9.59 Å². The number of nitrogens with one attached hydrogen (secondary N) is 1. The Bertz CT molecular complexity index is 734. The fraction of sp³-hybridized carbons (Fsp3) is 0.222. The van der Waals surface area contributed by atoms with Crippen LogP contribution in [0, 0.1) is 12.7 Å². The maximum Gasteiger partial charge on any atom is 0.240 e. The van der Waals surface area contributed by atoms with E-state index in [1.807, 2.05) is 0 Å². The first-order chi connectivity index (χ1) is 11.5. The van der Waals surface area contributed by atoms with Gasteiger partial charge in [-0.15, -0.1) is 0 Å². The molecule has 6 heteroatoms. The quantitative estimate of drug-likeness (QED) is 0.761. The average Bonchev–Trinajstić information content (AvgIpc) is 2.58. The Morgan fingerprint density at radius 1 is 1.33 bits per heavy atom. The van der Waals surface area contributed by atoms with Crippen LogP contribution in [0.25, 0.3) is 0 Å². The van der Waals surface area contributed by atoms with Gasteiger partial charge in [0.1, 0.15) is 30.5 Å².